The van der Waals surface area contributed by atoms with E-state index in [9.17, 15) is 4.79 Å². The number of ether oxygens (including phenoxy) is 4. The lowest BCUT2D eigenvalue weighted by molar-refractivity contribution is -0.117. The van der Waals surface area contributed by atoms with Gasteiger partial charge < -0.3 is 28.4 Å². The topological polar surface area (TPSA) is 96.2 Å². The number of carbonyl (C=O) groups excluding carboxylic acids is 1. The van der Waals surface area contributed by atoms with Crippen molar-refractivity contribution < 1.29 is 28.3 Å². The number of hydrogen-bond acceptors (Lipinski definition) is 8. The third-order valence-corrected chi connectivity index (χ3v) is 5.22. The molecule has 0 saturated carbocycles. The fourth-order valence-electron chi connectivity index (χ4n) is 3.61. The van der Waals surface area contributed by atoms with Crippen LogP contribution in [0.2, 0.25) is 0 Å². The van der Waals surface area contributed by atoms with Gasteiger partial charge in [-0.25, -0.2) is 0 Å². The summed E-state index contributed by atoms with van der Waals surface area (Å²) >= 11 is 0. The van der Waals surface area contributed by atoms with E-state index in [1.54, 1.807) is 38.4 Å². The zero-order valence-corrected chi connectivity index (χ0v) is 17.7. The first-order valence-corrected chi connectivity index (χ1v) is 9.66. The number of nitrogens with zero attached hydrogens (tertiary/aromatic N) is 3. The molecule has 2 aromatic carbocycles. The molecule has 1 aromatic heterocycles. The second-order valence-electron chi connectivity index (χ2n) is 6.97. The van der Waals surface area contributed by atoms with Gasteiger partial charge >= 0.3 is 0 Å². The Morgan fingerprint density at radius 3 is 2.23 bits per heavy atom. The van der Waals surface area contributed by atoms with Crippen molar-refractivity contribution in [3.63, 3.8) is 0 Å². The molecule has 1 amide bonds. The van der Waals surface area contributed by atoms with Crippen LogP contribution in [-0.4, -0.2) is 51.0 Å². The molecule has 0 aliphatic carbocycles. The van der Waals surface area contributed by atoms with Crippen LogP contribution in [0.5, 0.6) is 23.0 Å². The molecule has 9 nitrogen and oxygen atoms in total. The van der Waals surface area contributed by atoms with Crippen molar-refractivity contribution in [1.29, 1.82) is 0 Å². The van der Waals surface area contributed by atoms with Crippen molar-refractivity contribution in [1.82, 2.24) is 10.1 Å². The van der Waals surface area contributed by atoms with Gasteiger partial charge in [-0.05, 0) is 36.4 Å². The number of hydrogen-bond donors (Lipinski definition) is 0. The fourth-order valence-corrected chi connectivity index (χ4v) is 3.61. The Kier molecular flexibility index (Phi) is 5.66. The molecular formula is C22H23N3O6. The molecule has 31 heavy (non-hydrogen) atoms. The normalized spacial score (nSPS) is 15.8. The van der Waals surface area contributed by atoms with Gasteiger partial charge in [-0.3, -0.25) is 4.79 Å². The monoisotopic (exact) mass is 425 g/mol. The van der Waals surface area contributed by atoms with E-state index in [0.717, 1.165) is 11.4 Å². The average Bonchev–Trinajstić information content (AvgIpc) is 3.45. The maximum Gasteiger partial charge on any atom is 0.232 e. The molecular weight excluding hydrogens is 402 g/mol. The van der Waals surface area contributed by atoms with E-state index in [0.29, 0.717) is 47.5 Å². The van der Waals surface area contributed by atoms with Crippen molar-refractivity contribution in [2.24, 2.45) is 0 Å². The minimum absolute atomic E-state index is 0.00250. The van der Waals surface area contributed by atoms with E-state index in [1.807, 2.05) is 24.3 Å². The summed E-state index contributed by atoms with van der Waals surface area (Å²) in [6, 6.07) is 10.9. The number of carbonyl (C=O) groups is 1. The summed E-state index contributed by atoms with van der Waals surface area (Å²) in [7, 11) is 6.23. The van der Waals surface area contributed by atoms with Gasteiger partial charge in [-0.2, -0.15) is 4.98 Å². The summed E-state index contributed by atoms with van der Waals surface area (Å²) in [5.41, 5.74) is 1.46. The second-order valence-corrected chi connectivity index (χ2v) is 6.97. The van der Waals surface area contributed by atoms with E-state index in [-0.39, 0.29) is 11.8 Å². The third-order valence-electron chi connectivity index (χ3n) is 5.22. The summed E-state index contributed by atoms with van der Waals surface area (Å²) in [6.45, 7) is 0.460. The largest absolute Gasteiger partial charge is 0.497 e. The Bertz CT molecular complexity index is 1050. The summed E-state index contributed by atoms with van der Waals surface area (Å²) in [5.74, 6) is 2.79. The zero-order valence-electron chi connectivity index (χ0n) is 17.7. The van der Waals surface area contributed by atoms with Crippen molar-refractivity contribution in [2.75, 3.05) is 39.9 Å². The van der Waals surface area contributed by atoms with Crippen molar-refractivity contribution in [3.05, 3.63) is 42.3 Å². The molecule has 4 rings (SSSR count). The van der Waals surface area contributed by atoms with Gasteiger partial charge in [0.2, 0.25) is 23.4 Å². The summed E-state index contributed by atoms with van der Waals surface area (Å²) in [6.07, 6.45) is 0.295. The Morgan fingerprint density at radius 2 is 1.65 bits per heavy atom. The maximum absolute atomic E-state index is 12.6. The molecule has 1 fully saturated rings. The predicted molar refractivity (Wildman–Crippen MR) is 112 cm³/mol. The van der Waals surface area contributed by atoms with E-state index >= 15 is 0 Å². The van der Waals surface area contributed by atoms with Crippen LogP contribution in [-0.2, 0) is 4.79 Å². The van der Waals surface area contributed by atoms with Crippen LogP contribution in [0.25, 0.3) is 11.4 Å². The average molecular weight is 425 g/mol. The van der Waals surface area contributed by atoms with Crippen LogP contribution < -0.4 is 23.8 Å². The van der Waals surface area contributed by atoms with Crippen LogP contribution >= 0.6 is 0 Å². The molecule has 1 atom stereocenters. The quantitative estimate of drug-likeness (QED) is 0.569. The highest BCUT2D eigenvalue weighted by Crippen LogP contribution is 2.41. The lowest BCUT2D eigenvalue weighted by Crippen LogP contribution is -2.24. The standard InChI is InChI=1S/C22H23N3O6/c1-27-16-7-5-15(6-8-16)25-12-14(11-19(25)26)22-23-21(24-31-22)13-9-17(28-2)20(30-4)18(10-13)29-3/h5-10,14H,11-12H2,1-4H3/t14-/m0/s1. The smallest absolute Gasteiger partial charge is 0.232 e. The maximum atomic E-state index is 12.6. The number of aromatic nitrogens is 2. The van der Waals surface area contributed by atoms with Crippen LogP contribution in [0.15, 0.2) is 40.9 Å². The SMILES string of the molecule is COc1ccc(N2C[C@@H](c3nc(-c4cc(OC)c(OC)c(OC)c4)no3)CC2=O)cc1. The molecule has 2 heterocycles. The number of rotatable bonds is 7. The van der Waals surface area contributed by atoms with Crippen molar-refractivity contribution >= 4 is 11.6 Å². The molecule has 1 aliphatic heterocycles. The van der Waals surface area contributed by atoms with Gasteiger partial charge in [0, 0.05) is 24.2 Å². The summed E-state index contributed by atoms with van der Waals surface area (Å²) in [4.78, 5) is 18.8. The molecule has 0 bridgehead atoms. The second kappa shape index (κ2) is 8.55. The lowest BCUT2D eigenvalue weighted by Gasteiger charge is -2.16. The predicted octanol–water partition coefficient (Wildman–Crippen LogP) is 3.29. The minimum atomic E-state index is -0.196. The van der Waals surface area contributed by atoms with Gasteiger partial charge in [0.15, 0.2) is 11.5 Å². The molecule has 0 radical (unpaired) electrons. The Hall–Kier alpha value is -3.75. The minimum Gasteiger partial charge on any atom is -0.497 e. The molecule has 9 heteroatoms. The van der Waals surface area contributed by atoms with Crippen molar-refractivity contribution in [3.8, 4) is 34.4 Å². The molecule has 162 valence electrons. The molecule has 3 aromatic rings. The molecule has 0 spiro atoms. The Morgan fingerprint density at radius 1 is 0.968 bits per heavy atom. The zero-order chi connectivity index (χ0) is 22.0. The number of anilines is 1. The first kappa shape index (κ1) is 20.5. The number of methoxy groups -OCH3 is 4. The summed E-state index contributed by atoms with van der Waals surface area (Å²) < 4.78 is 26.8. The number of amides is 1. The molecule has 0 N–H and O–H groups in total. The van der Waals surface area contributed by atoms with Gasteiger partial charge in [-0.15, -0.1) is 0 Å². The van der Waals surface area contributed by atoms with Crippen LogP contribution in [0.1, 0.15) is 18.2 Å². The van der Waals surface area contributed by atoms with Gasteiger partial charge in [0.05, 0.1) is 34.4 Å². The summed E-state index contributed by atoms with van der Waals surface area (Å²) in [5, 5.41) is 4.10. The first-order chi connectivity index (χ1) is 15.1. The van der Waals surface area contributed by atoms with Crippen LogP contribution in [0.4, 0.5) is 5.69 Å². The molecule has 0 unspecified atom stereocenters. The van der Waals surface area contributed by atoms with E-state index in [1.165, 1.54) is 7.11 Å². The first-order valence-electron chi connectivity index (χ1n) is 9.66. The Labute approximate surface area is 179 Å². The highest BCUT2D eigenvalue weighted by Gasteiger charge is 2.35. The van der Waals surface area contributed by atoms with Crippen LogP contribution in [0.3, 0.4) is 0 Å². The fraction of sp³-hybridized carbons (Fsp3) is 0.318. The van der Waals surface area contributed by atoms with Crippen molar-refractivity contribution in [2.45, 2.75) is 12.3 Å². The third kappa shape index (κ3) is 3.86. The van der Waals surface area contributed by atoms with E-state index in [4.69, 9.17) is 23.5 Å². The van der Waals surface area contributed by atoms with E-state index < -0.39 is 0 Å². The molecule has 1 saturated heterocycles. The Balaban J connectivity index is 1.57. The van der Waals surface area contributed by atoms with Gasteiger partial charge in [-0.1, -0.05) is 5.16 Å². The van der Waals surface area contributed by atoms with Gasteiger partial charge in [0.1, 0.15) is 5.75 Å². The van der Waals surface area contributed by atoms with E-state index in [2.05, 4.69) is 10.1 Å². The number of benzene rings is 2. The highest BCUT2D eigenvalue weighted by atomic mass is 16.5. The van der Waals surface area contributed by atoms with Gasteiger partial charge in [0.25, 0.3) is 0 Å². The lowest BCUT2D eigenvalue weighted by atomic mass is 10.1. The molecule has 1 aliphatic rings. The highest BCUT2D eigenvalue weighted by molar-refractivity contribution is 5.96. The van der Waals surface area contributed by atoms with Crippen LogP contribution in [0, 0.1) is 0 Å².